The lowest BCUT2D eigenvalue weighted by molar-refractivity contribution is 0.669. The molecule has 4 heterocycles. The van der Waals surface area contributed by atoms with E-state index in [1.807, 2.05) is 6.07 Å². The van der Waals surface area contributed by atoms with Crippen molar-refractivity contribution in [1.82, 2.24) is 24.7 Å². The van der Waals surface area contributed by atoms with E-state index in [4.69, 9.17) is 0 Å². The summed E-state index contributed by atoms with van der Waals surface area (Å²) >= 11 is 4.95. The Balaban J connectivity index is 1.47. The average molecular weight is 434 g/mol. The van der Waals surface area contributed by atoms with Crippen LogP contribution in [-0.4, -0.2) is 24.7 Å². The second-order valence-electron chi connectivity index (χ2n) is 6.86. The van der Waals surface area contributed by atoms with Gasteiger partial charge in [-0.3, -0.25) is 4.57 Å². The summed E-state index contributed by atoms with van der Waals surface area (Å²) in [5.41, 5.74) is 2.35. The second-order valence-corrected chi connectivity index (χ2v) is 9.62. The van der Waals surface area contributed by atoms with Crippen molar-refractivity contribution in [3.8, 4) is 21.8 Å². The number of benzene rings is 1. The number of thiophene rings is 2. The molecule has 5 nitrogen and oxygen atoms in total. The van der Waals surface area contributed by atoms with E-state index in [1.165, 1.54) is 24.0 Å². The smallest absolute Gasteiger partial charge is 0.198 e. The first kappa shape index (κ1) is 17.3. The van der Waals surface area contributed by atoms with Crippen molar-refractivity contribution in [2.45, 2.75) is 29.1 Å². The normalized spacial score (nSPS) is 13.9. The van der Waals surface area contributed by atoms with Gasteiger partial charge in [0, 0.05) is 17.0 Å². The molecule has 0 atom stereocenters. The first-order valence-corrected chi connectivity index (χ1v) is 11.9. The van der Waals surface area contributed by atoms with E-state index in [2.05, 4.69) is 71.9 Å². The molecule has 0 radical (unpaired) electrons. The summed E-state index contributed by atoms with van der Waals surface area (Å²) in [4.78, 5) is 11.3. The van der Waals surface area contributed by atoms with Gasteiger partial charge in [-0.25, -0.2) is 9.97 Å². The molecule has 0 saturated heterocycles. The molecule has 0 amide bonds. The molecule has 1 aliphatic rings. The highest BCUT2D eigenvalue weighted by atomic mass is 32.2. The van der Waals surface area contributed by atoms with Crippen molar-refractivity contribution in [2.24, 2.45) is 0 Å². The Morgan fingerprint density at radius 1 is 0.966 bits per heavy atom. The van der Waals surface area contributed by atoms with Crippen molar-refractivity contribution in [2.75, 3.05) is 0 Å². The summed E-state index contributed by atoms with van der Waals surface area (Å²) in [6, 6.07) is 15.1. The summed E-state index contributed by atoms with van der Waals surface area (Å²) in [5.74, 6) is 0.962. The van der Waals surface area contributed by atoms with Gasteiger partial charge >= 0.3 is 0 Å². The van der Waals surface area contributed by atoms with Crippen LogP contribution in [0.2, 0.25) is 0 Å². The van der Waals surface area contributed by atoms with Crippen LogP contribution in [0.5, 0.6) is 0 Å². The highest BCUT2D eigenvalue weighted by Crippen LogP contribution is 2.45. The van der Waals surface area contributed by atoms with Gasteiger partial charge in [-0.2, -0.15) is 0 Å². The maximum Gasteiger partial charge on any atom is 0.198 e. The minimum absolute atomic E-state index is 0.484. The zero-order valence-corrected chi connectivity index (χ0v) is 17.7. The molecule has 1 saturated carbocycles. The van der Waals surface area contributed by atoms with Gasteiger partial charge < -0.3 is 0 Å². The minimum Gasteiger partial charge on any atom is -0.298 e. The van der Waals surface area contributed by atoms with Crippen LogP contribution in [0.4, 0.5) is 0 Å². The molecule has 0 spiro atoms. The Hall–Kier alpha value is -2.55. The maximum atomic E-state index is 4.63. The molecule has 8 heteroatoms. The third-order valence-electron chi connectivity index (χ3n) is 4.93. The molecule has 0 bridgehead atoms. The third-order valence-corrected chi connectivity index (χ3v) is 7.64. The van der Waals surface area contributed by atoms with Gasteiger partial charge in [-0.05, 0) is 41.6 Å². The molecule has 4 aromatic heterocycles. The van der Waals surface area contributed by atoms with Gasteiger partial charge in [0.25, 0.3) is 0 Å². The lowest BCUT2D eigenvalue weighted by atomic mass is 10.1. The highest BCUT2D eigenvalue weighted by molar-refractivity contribution is 7.99. The van der Waals surface area contributed by atoms with Gasteiger partial charge in [0.05, 0.1) is 10.3 Å². The number of fused-ring (bicyclic) bond motifs is 1. The van der Waals surface area contributed by atoms with Crippen LogP contribution < -0.4 is 0 Å². The second kappa shape index (κ2) is 7.05. The molecular weight excluding hydrogens is 418 g/mol. The van der Waals surface area contributed by atoms with Crippen LogP contribution in [0.3, 0.4) is 0 Å². The molecule has 1 fully saturated rings. The van der Waals surface area contributed by atoms with Gasteiger partial charge in [0.2, 0.25) is 0 Å². The molecule has 1 aromatic carbocycles. The molecule has 142 valence electrons. The number of hydrogen-bond donors (Lipinski definition) is 0. The van der Waals surface area contributed by atoms with E-state index in [-0.39, 0.29) is 0 Å². The summed E-state index contributed by atoms with van der Waals surface area (Å²) < 4.78 is 2.29. The quantitative estimate of drug-likeness (QED) is 0.311. The Kier molecular flexibility index (Phi) is 4.21. The number of rotatable bonds is 5. The monoisotopic (exact) mass is 433 g/mol. The van der Waals surface area contributed by atoms with E-state index in [0.717, 1.165) is 31.1 Å². The standard InChI is InChI=1S/C21H15N5S3/c1-2-5-13(6-3-1)15-11-28-19-17(15)20(23-12-22-19)29-21-25-24-18(16-7-4-10-27-16)26(21)14-8-9-14/h1-7,10-12,14H,8-9H2. The largest absolute Gasteiger partial charge is 0.298 e. The summed E-state index contributed by atoms with van der Waals surface area (Å²) in [5, 5.41) is 16.3. The van der Waals surface area contributed by atoms with Crippen LogP contribution in [0.25, 0.3) is 32.0 Å². The molecule has 0 N–H and O–H groups in total. The van der Waals surface area contributed by atoms with Crippen LogP contribution in [-0.2, 0) is 0 Å². The third kappa shape index (κ3) is 3.08. The SMILES string of the molecule is c1ccc(-c2csc3ncnc(Sc4nnc(-c5cccs5)n4C4CC4)c23)cc1. The first-order chi connectivity index (χ1) is 14.4. The molecule has 0 unspecified atom stereocenters. The Bertz CT molecular complexity index is 1290. The molecule has 1 aliphatic carbocycles. The van der Waals surface area contributed by atoms with Crippen molar-refractivity contribution < 1.29 is 0 Å². The van der Waals surface area contributed by atoms with E-state index in [1.54, 1.807) is 40.8 Å². The molecule has 29 heavy (non-hydrogen) atoms. The summed E-state index contributed by atoms with van der Waals surface area (Å²) in [6.45, 7) is 0. The van der Waals surface area contributed by atoms with Crippen molar-refractivity contribution in [3.05, 3.63) is 59.6 Å². The fraction of sp³-hybridized carbons (Fsp3) is 0.143. The highest BCUT2D eigenvalue weighted by Gasteiger charge is 2.31. The van der Waals surface area contributed by atoms with Gasteiger partial charge in [-0.1, -0.05) is 36.4 Å². The lowest BCUT2D eigenvalue weighted by Crippen LogP contribution is -1.99. The van der Waals surface area contributed by atoms with Gasteiger partial charge in [-0.15, -0.1) is 32.9 Å². The van der Waals surface area contributed by atoms with Crippen molar-refractivity contribution >= 4 is 44.7 Å². The van der Waals surface area contributed by atoms with E-state index in [9.17, 15) is 0 Å². The Morgan fingerprint density at radius 2 is 1.86 bits per heavy atom. The molecule has 6 rings (SSSR count). The Labute approximate surface area is 179 Å². The van der Waals surface area contributed by atoms with Crippen LogP contribution in [0.15, 0.2) is 69.7 Å². The zero-order chi connectivity index (χ0) is 19.2. The fourth-order valence-corrected chi connectivity index (χ4v) is 6.11. The van der Waals surface area contributed by atoms with Gasteiger partial charge in [0.15, 0.2) is 11.0 Å². The number of aromatic nitrogens is 5. The molecule has 5 aromatic rings. The topological polar surface area (TPSA) is 56.5 Å². The zero-order valence-electron chi connectivity index (χ0n) is 15.2. The van der Waals surface area contributed by atoms with E-state index < -0.39 is 0 Å². The Morgan fingerprint density at radius 3 is 2.66 bits per heavy atom. The minimum atomic E-state index is 0.484. The fourth-order valence-electron chi connectivity index (χ4n) is 3.42. The summed E-state index contributed by atoms with van der Waals surface area (Å²) in [6.07, 6.45) is 4.00. The van der Waals surface area contributed by atoms with Crippen LogP contribution in [0, 0.1) is 0 Å². The predicted octanol–water partition coefficient (Wildman–Crippen LogP) is 6.16. The summed E-state index contributed by atoms with van der Waals surface area (Å²) in [7, 11) is 0. The number of nitrogens with zero attached hydrogens (tertiary/aromatic N) is 5. The van der Waals surface area contributed by atoms with Crippen molar-refractivity contribution in [1.29, 1.82) is 0 Å². The number of hydrogen-bond acceptors (Lipinski definition) is 7. The molecule has 0 aliphatic heterocycles. The van der Waals surface area contributed by atoms with Crippen molar-refractivity contribution in [3.63, 3.8) is 0 Å². The van der Waals surface area contributed by atoms with Crippen LogP contribution >= 0.6 is 34.4 Å². The van der Waals surface area contributed by atoms with Crippen LogP contribution in [0.1, 0.15) is 18.9 Å². The first-order valence-electron chi connectivity index (χ1n) is 9.33. The van der Waals surface area contributed by atoms with E-state index >= 15 is 0 Å². The lowest BCUT2D eigenvalue weighted by Gasteiger charge is -2.08. The maximum absolute atomic E-state index is 4.63. The predicted molar refractivity (Wildman–Crippen MR) is 119 cm³/mol. The van der Waals surface area contributed by atoms with Gasteiger partial charge in [0.1, 0.15) is 16.2 Å². The average Bonchev–Trinajstić information content (AvgIpc) is 3.16. The molecular formula is C21H15N5S3. The van der Waals surface area contributed by atoms with E-state index in [0.29, 0.717) is 6.04 Å².